The minimum absolute atomic E-state index is 0.0151. The number of ether oxygens (including phenoxy) is 1. The topological polar surface area (TPSA) is 35.2 Å². The van der Waals surface area contributed by atoms with Crippen LogP contribution in [0.2, 0.25) is 0 Å². The molecule has 0 aliphatic heterocycles. The molecule has 0 amide bonds. The molecule has 0 unspecified atom stereocenters. The molecule has 0 spiro atoms. The highest BCUT2D eigenvalue weighted by molar-refractivity contribution is 5.35. The molecule has 0 heterocycles. The van der Waals surface area contributed by atoms with Crippen LogP contribution in [-0.2, 0) is 13.0 Å². The Kier molecular flexibility index (Phi) is 4.58. The number of aryl methyl sites for hydroxylation is 1. The summed E-state index contributed by atoms with van der Waals surface area (Å²) >= 11 is 0. The maximum atomic E-state index is 5.94. The summed E-state index contributed by atoms with van der Waals surface area (Å²) in [5.74, 6) is 0.872. The van der Waals surface area contributed by atoms with Crippen molar-refractivity contribution < 1.29 is 4.74 Å². The van der Waals surface area contributed by atoms with Crippen molar-refractivity contribution in [2.75, 3.05) is 0 Å². The molecule has 2 heteroatoms. The molecule has 0 bridgehead atoms. The molecule has 19 heavy (non-hydrogen) atoms. The van der Waals surface area contributed by atoms with E-state index in [1.165, 1.54) is 11.1 Å². The molecule has 0 aromatic heterocycles. The Hall–Kier alpha value is -1.80. The van der Waals surface area contributed by atoms with Crippen LogP contribution in [0.25, 0.3) is 0 Å². The Labute approximate surface area is 115 Å². The molecule has 0 saturated heterocycles. The number of benzene rings is 2. The van der Waals surface area contributed by atoms with Crippen molar-refractivity contribution in [2.45, 2.75) is 32.9 Å². The number of hydrogen-bond acceptors (Lipinski definition) is 2. The van der Waals surface area contributed by atoms with Crippen molar-refractivity contribution in [1.29, 1.82) is 0 Å². The Morgan fingerprint density at radius 2 is 1.63 bits per heavy atom. The third kappa shape index (κ3) is 3.58. The molecule has 2 N–H and O–H groups in total. The third-order valence-electron chi connectivity index (χ3n) is 3.24. The Morgan fingerprint density at radius 3 is 2.26 bits per heavy atom. The third-order valence-corrected chi connectivity index (χ3v) is 3.24. The Bertz CT molecular complexity index is 517. The summed E-state index contributed by atoms with van der Waals surface area (Å²) in [6, 6.07) is 16.5. The van der Waals surface area contributed by atoms with Crippen LogP contribution in [0.1, 0.15) is 36.6 Å². The van der Waals surface area contributed by atoms with E-state index < -0.39 is 0 Å². The van der Waals surface area contributed by atoms with Crippen molar-refractivity contribution in [3.63, 3.8) is 0 Å². The molecule has 100 valence electrons. The molecule has 0 fully saturated rings. The van der Waals surface area contributed by atoms with Gasteiger partial charge in [0.25, 0.3) is 0 Å². The lowest BCUT2D eigenvalue weighted by molar-refractivity contribution is 0.301. The Morgan fingerprint density at radius 1 is 1.00 bits per heavy atom. The van der Waals surface area contributed by atoms with Crippen LogP contribution in [0, 0.1) is 0 Å². The van der Waals surface area contributed by atoms with E-state index in [9.17, 15) is 0 Å². The summed E-state index contributed by atoms with van der Waals surface area (Å²) in [7, 11) is 0. The van der Waals surface area contributed by atoms with Crippen molar-refractivity contribution in [3.05, 3.63) is 65.2 Å². The van der Waals surface area contributed by atoms with E-state index in [-0.39, 0.29) is 6.04 Å². The van der Waals surface area contributed by atoms with Gasteiger partial charge < -0.3 is 10.5 Å². The van der Waals surface area contributed by atoms with Gasteiger partial charge in [-0.25, -0.2) is 0 Å². The summed E-state index contributed by atoms with van der Waals surface area (Å²) in [6.07, 6.45) is 1.06. The van der Waals surface area contributed by atoms with E-state index in [0.29, 0.717) is 6.61 Å². The summed E-state index contributed by atoms with van der Waals surface area (Å²) in [5.41, 5.74) is 9.51. The second kappa shape index (κ2) is 6.39. The SMILES string of the molecule is CCc1ccc(COc2ccccc2[C@@H](C)N)cc1. The van der Waals surface area contributed by atoms with Crippen molar-refractivity contribution in [1.82, 2.24) is 0 Å². The second-order valence-electron chi connectivity index (χ2n) is 4.79. The predicted molar refractivity (Wildman–Crippen MR) is 79.2 cm³/mol. The summed E-state index contributed by atoms with van der Waals surface area (Å²) in [5, 5.41) is 0. The van der Waals surface area contributed by atoms with Crippen LogP contribution in [0.5, 0.6) is 5.75 Å². The summed E-state index contributed by atoms with van der Waals surface area (Å²) in [6.45, 7) is 4.70. The van der Waals surface area contributed by atoms with Crippen molar-refractivity contribution in [3.8, 4) is 5.75 Å². The molecule has 2 rings (SSSR count). The molecule has 0 aliphatic carbocycles. The molecule has 0 saturated carbocycles. The Balaban J connectivity index is 2.05. The van der Waals surface area contributed by atoms with Crippen LogP contribution in [0.3, 0.4) is 0 Å². The van der Waals surface area contributed by atoms with Gasteiger partial charge in [0, 0.05) is 11.6 Å². The van der Waals surface area contributed by atoms with Crippen LogP contribution in [0.4, 0.5) is 0 Å². The van der Waals surface area contributed by atoms with Gasteiger partial charge in [0.1, 0.15) is 12.4 Å². The number of hydrogen-bond donors (Lipinski definition) is 1. The molecule has 2 nitrogen and oxygen atoms in total. The second-order valence-corrected chi connectivity index (χ2v) is 4.79. The van der Waals surface area contributed by atoms with Crippen LogP contribution >= 0.6 is 0 Å². The highest BCUT2D eigenvalue weighted by atomic mass is 16.5. The molecule has 2 aromatic carbocycles. The maximum Gasteiger partial charge on any atom is 0.124 e. The first-order valence-electron chi connectivity index (χ1n) is 6.76. The van der Waals surface area contributed by atoms with Crippen LogP contribution < -0.4 is 10.5 Å². The fourth-order valence-electron chi connectivity index (χ4n) is 2.02. The summed E-state index contributed by atoms with van der Waals surface area (Å²) < 4.78 is 5.88. The first-order valence-corrected chi connectivity index (χ1v) is 6.76. The zero-order valence-electron chi connectivity index (χ0n) is 11.6. The lowest BCUT2D eigenvalue weighted by atomic mass is 10.1. The number of para-hydroxylation sites is 1. The quantitative estimate of drug-likeness (QED) is 0.880. The smallest absolute Gasteiger partial charge is 0.124 e. The first kappa shape index (κ1) is 13.6. The van der Waals surface area contributed by atoms with Gasteiger partial charge in [-0.15, -0.1) is 0 Å². The minimum Gasteiger partial charge on any atom is -0.489 e. The first-order chi connectivity index (χ1) is 9.20. The molecule has 2 aromatic rings. The van der Waals surface area contributed by atoms with E-state index in [2.05, 4.69) is 31.2 Å². The molecule has 1 atom stereocenters. The number of nitrogens with two attached hydrogens (primary N) is 1. The van der Waals surface area contributed by atoms with Crippen LogP contribution in [0.15, 0.2) is 48.5 Å². The molecule has 0 aliphatic rings. The average molecular weight is 255 g/mol. The molecule has 0 radical (unpaired) electrons. The van der Waals surface area contributed by atoms with Crippen molar-refractivity contribution >= 4 is 0 Å². The van der Waals surface area contributed by atoms with Gasteiger partial charge in [-0.3, -0.25) is 0 Å². The zero-order valence-corrected chi connectivity index (χ0v) is 11.6. The van der Waals surface area contributed by atoms with Crippen LogP contribution in [-0.4, -0.2) is 0 Å². The lowest BCUT2D eigenvalue weighted by Crippen LogP contribution is -2.07. The van der Waals surface area contributed by atoms with E-state index >= 15 is 0 Å². The highest BCUT2D eigenvalue weighted by Gasteiger charge is 2.07. The minimum atomic E-state index is -0.0151. The van der Waals surface area contributed by atoms with Crippen molar-refractivity contribution in [2.24, 2.45) is 5.73 Å². The standard InChI is InChI=1S/C17H21NO/c1-3-14-8-10-15(11-9-14)12-19-17-7-5-4-6-16(17)13(2)18/h4-11,13H,3,12,18H2,1-2H3/t13-/m1/s1. The van der Waals surface area contributed by atoms with Gasteiger partial charge in [-0.2, -0.15) is 0 Å². The summed E-state index contributed by atoms with van der Waals surface area (Å²) in [4.78, 5) is 0. The normalized spacial score (nSPS) is 12.2. The van der Waals surface area contributed by atoms with Gasteiger partial charge in [-0.1, -0.05) is 49.4 Å². The highest BCUT2D eigenvalue weighted by Crippen LogP contribution is 2.24. The predicted octanol–water partition coefficient (Wildman–Crippen LogP) is 3.85. The number of rotatable bonds is 5. The van der Waals surface area contributed by atoms with E-state index in [0.717, 1.165) is 17.7 Å². The molecular weight excluding hydrogens is 234 g/mol. The van der Waals surface area contributed by atoms with E-state index in [1.807, 2.05) is 31.2 Å². The lowest BCUT2D eigenvalue weighted by Gasteiger charge is -2.14. The van der Waals surface area contributed by atoms with E-state index in [4.69, 9.17) is 10.5 Å². The van der Waals surface area contributed by atoms with Gasteiger partial charge in [0.05, 0.1) is 0 Å². The van der Waals surface area contributed by atoms with Gasteiger partial charge in [0.15, 0.2) is 0 Å². The van der Waals surface area contributed by atoms with E-state index in [1.54, 1.807) is 0 Å². The fraction of sp³-hybridized carbons (Fsp3) is 0.294. The van der Waals surface area contributed by atoms with Gasteiger partial charge in [-0.05, 0) is 30.5 Å². The van der Waals surface area contributed by atoms with Gasteiger partial charge >= 0.3 is 0 Å². The monoisotopic (exact) mass is 255 g/mol. The maximum absolute atomic E-state index is 5.94. The average Bonchev–Trinajstić information content (AvgIpc) is 2.46. The zero-order chi connectivity index (χ0) is 13.7. The van der Waals surface area contributed by atoms with Gasteiger partial charge in [0.2, 0.25) is 0 Å². The fourth-order valence-corrected chi connectivity index (χ4v) is 2.02. The largest absolute Gasteiger partial charge is 0.489 e. The molecular formula is C17H21NO.